The van der Waals surface area contributed by atoms with E-state index in [1.54, 1.807) is 0 Å². The van der Waals surface area contributed by atoms with Crippen molar-refractivity contribution in [1.82, 2.24) is 5.48 Å². The van der Waals surface area contributed by atoms with Gasteiger partial charge >= 0.3 is 21.1 Å². The fourth-order valence-corrected chi connectivity index (χ4v) is 0. The molecule has 0 atom stereocenters. The predicted octanol–water partition coefficient (Wildman–Crippen LogP) is 1.29. The fraction of sp³-hybridized carbons (Fsp3) is 0.750. The summed E-state index contributed by atoms with van der Waals surface area (Å²) in [6.45, 7) is 0.472. The Hall–Kier alpha value is -0.802. The predicted molar refractivity (Wildman–Crippen MR) is 52.5 cm³/mol. The Morgan fingerprint density at radius 1 is 1.40 bits per heavy atom. The zero-order valence-electron chi connectivity index (χ0n) is 6.85. The smallest absolute Gasteiger partial charge is 0.679 e. The first kappa shape index (κ1) is 36.8. The van der Waals surface area contributed by atoms with Crippen molar-refractivity contribution in [1.29, 1.82) is 0 Å². The molecule has 11 heteroatoms. The number of hydroxylamine groups is 1. The van der Waals surface area contributed by atoms with E-state index in [0.29, 0.717) is 0 Å². The Balaban J connectivity index is -0.0000000189. The molecule has 0 heterocycles. The van der Waals surface area contributed by atoms with E-state index < -0.39 is 6.03 Å². The average molecular weight is 408 g/mol. The number of urea groups is 1. The summed E-state index contributed by atoms with van der Waals surface area (Å²) in [4.78, 5) is 17.1. The number of nitrogens with one attached hydrogen (secondary N) is 4. The molecule has 0 bridgehead atoms. The van der Waals surface area contributed by atoms with Crippen molar-refractivity contribution < 1.29 is 36.5 Å². The van der Waals surface area contributed by atoms with Crippen LogP contribution in [0.25, 0.3) is 17.2 Å². The molecule has 0 saturated heterocycles. The molecule has 0 rings (SSSR count). The molecule has 0 unspecified atom stereocenters. The van der Waals surface area contributed by atoms with Crippen LogP contribution in [0.4, 0.5) is 4.79 Å². The number of rotatable bonds is 1. The minimum absolute atomic E-state index is 0. The van der Waals surface area contributed by atoms with Gasteiger partial charge in [-0.1, -0.05) is 7.43 Å². The van der Waals surface area contributed by atoms with Gasteiger partial charge in [-0.15, -0.1) is 5.34 Å². The van der Waals surface area contributed by atoms with Crippen LogP contribution in [0.3, 0.4) is 0 Å². The van der Waals surface area contributed by atoms with Gasteiger partial charge in [0, 0.05) is 0 Å². The zero-order chi connectivity index (χ0) is 10.4. The molecule has 0 aromatic heterocycles. The van der Waals surface area contributed by atoms with Gasteiger partial charge in [0.2, 0.25) is 0 Å². The van der Waals surface area contributed by atoms with Crippen molar-refractivity contribution in [3.63, 3.8) is 0 Å². The maximum absolute atomic E-state index is 9.12. The monoisotopic (exact) mass is 408 g/mol. The topological polar surface area (TPSA) is 205 Å². The van der Waals surface area contributed by atoms with Gasteiger partial charge in [0.15, 0.2) is 6.03 Å². The van der Waals surface area contributed by atoms with Crippen molar-refractivity contribution in [2.75, 3.05) is 13.1 Å². The molecule has 0 radical (unpaired) electrons. The van der Waals surface area contributed by atoms with Crippen LogP contribution in [0.1, 0.15) is 7.43 Å². The first-order valence-corrected chi connectivity index (χ1v) is 2.50. The third kappa shape index (κ3) is 342. The van der Waals surface area contributed by atoms with Crippen molar-refractivity contribution in [2.24, 2.45) is 5.34 Å². The van der Waals surface area contributed by atoms with Gasteiger partial charge in [-0.25, -0.2) is 0 Å². The Kier molecular flexibility index (Phi) is 125. The van der Waals surface area contributed by atoms with E-state index in [-0.39, 0.29) is 47.1 Å². The van der Waals surface area contributed by atoms with Crippen LogP contribution in [-0.4, -0.2) is 29.8 Å². The molecule has 0 aliphatic rings. The molecule has 2 amide bonds. The van der Waals surface area contributed by atoms with Gasteiger partial charge in [-0.3, -0.25) is 4.79 Å². The molecule has 0 spiro atoms. The SMILES string of the molecule is C.O.O=N[O-].[NH-]C(=O)NO.[NH-]CC[NH-].[Pt+4]. The quantitative estimate of drug-likeness (QED) is 0.373. The summed E-state index contributed by atoms with van der Waals surface area (Å²) in [5, 5.41) is 16.4. The van der Waals surface area contributed by atoms with E-state index in [1.165, 1.54) is 0 Å². The minimum atomic E-state index is -1.19. The summed E-state index contributed by atoms with van der Waals surface area (Å²) in [5.74, 6) is 0. The number of carbonyl (C=O) groups is 1. The van der Waals surface area contributed by atoms with Gasteiger partial charge in [0.1, 0.15) is 0 Å². The van der Waals surface area contributed by atoms with E-state index in [2.05, 4.69) is 0 Å². The molecule has 0 aromatic carbocycles. The normalized spacial score (nSPS) is 5.00. The van der Waals surface area contributed by atoms with E-state index in [0.717, 1.165) is 10.8 Å². The fourth-order valence-electron chi connectivity index (χ4n) is 0. The van der Waals surface area contributed by atoms with Crippen molar-refractivity contribution >= 4 is 6.03 Å². The van der Waals surface area contributed by atoms with Crippen molar-refractivity contribution in [3.05, 3.63) is 27.3 Å². The van der Waals surface area contributed by atoms with E-state index in [4.69, 9.17) is 37.3 Å². The first-order valence-electron chi connectivity index (χ1n) is 2.50. The average Bonchev–Trinajstić information content (AvgIpc) is 2.06. The summed E-state index contributed by atoms with van der Waals surface area (Å²) in [7, 11) is 0. The first-order chi connectivity index (χ1) is 5.60. The Morgan fingerprint density at radius 2 is 1.53 bits per heavy atom. The maximum atomic E-state index is 9.12. The molecule has 0 saturated carbocycles. The summed E-state index contributed by atoms with van der Waals surface area (Å²) >= 11 is 0. The van der Waals surface area contributed by atoms with E-state index in [9.17, 15) is 0 Å². The van der Waals surface area contributed by atoms with Gasteiger partial charge in [-0.05, 0) is 0 Å². The van der Waals surface area contributed by atoms with Crippen LogP contribution in [0.2, 0.25) is 0 Å². The van der Waals surface area contributed by atoms with Crippen LogP contribution < -0.4 is 5.48 Å². The second-order valence-corrected chi connectivity index (χ2v) is 1.02. The number of hydrogen-bond acceptors (Lipinski definition) is 5. The van der Waals surface area contributed by atoms with Gasteiger partial charge < -0.3 is 43.5 Å². The van der Waals surface area contributed by atoms with Crippen LogP contribution in [0, 0.1) is 10.1 Å². The summed E-state index contributed by atoms with van der Waals surface area (Å²) in [5.41, 5.74) is 19.4. The number of amides is 2. The zero-order valence-corrected chi connectivity index (χ0v) is 9.12. The molecule has 10 nitrogen and oxygen atoms in total. The summed E-state index contributed by atoms with van der Waals surface area (Å²) in [6.07, 6.45) is 0. The summed E-state index contributed by atoms with van der Waals surface area (Å²) in [6, 6.07) is -1.19. The molecular weight excluding hydrogens is 393 g/mol. The number of hydrogen-bond donors (Lipinski definition) is 2. The van der Waals surface area contributed by atoms with Gasteiger partial charge in [0.25, 0.3) is 0 Å². The molecule has 0 fully saturated rings. The number of nitrogens with zero attached hydrogens (tertiary/aromatic N) is 1. The van der Waals surface area contributed by atoms with Gasteiger partial charge in [-0.2, -0.15) is 13.1 Å². The Bertz CT molecular complexity index is 105. The molecule has 0 aliphatic carbocycles. The third-order valence-electron chi connectivity index (χ3n) is 0.227. The molecule has 0 aliphatic heterocycles. The van der Waals surface area contributed by atoms with Crippen LogP contribution >= 0.6 is 0 Å². The second-order valence-electron chi connectivity index (χ2n) is 1.02. The maximum Gasteiger partial charge on any atom is 4.00 e. The van der Waals surface area contributed by atoms with Crippen LogP contribution in [0.15, 0.2) is 5.34 Å². The minimum Gasteiger partial charge on any atom is -0.679 e. The number of carbonyl (C=O) groups excluding carboxylic acids is 1. The Labute approximate surface area is 102 Å². The molecule has 15 heavy (non-hydrogen) atoms. The van der Waals surface area contributed by atoms with E-state index in [1.807, 2.05) is 0 Å². The van der Waals surface area contributed by atoms with Crippen molar-refractivity contribution in [2.45, 2.75) is 7.43 Å². The Morgan fingerprint density at radius 3 is 1.53 bits per heavy atom. The molecule has 96 valence electrons. The molecule has 0 aromatic rings. The third-order valence-corrected chi connectivity index (χ3v) is 0.227. The van der Waals surface area contributed by atoms with E-state index >= 15 is 0 Å². The molecule has 7 N–H and O–H groups in total. The van der Waals surface area contributed by atoms with Gasteiger partial charge in [0.05, 0.1) is 0 Å². The largest absolute Gasteiger partial charge is 4.00 e. The van der Waals surface area contributed by atoms with Crippen LogP contribution in [-0.2, 0) is 21.1 Å². The van der Waals surface area contributed by atoms with Crippen LogP contribution in [0.5, 0.6) is 0 Å². The molecular formula is C4H15N5O5Pt. The van der Waals surface area contributed by atoms with Crippen molar-refractivity contribution in [3.8, 4) is 0 Å². The summed E-state index contributed by atoms with van der Waals surface area (Å²) < 4.78 is 0. The standard InChI is InChI=1S/C2H6N2.CH4N2O2.CH4.HNO2.H2O.Pt/c3-1-2-4;2-1(4)3-5;;2-1-3;;/h3-4H,1-2H2;(H4,2,3,4,5);1H4;(H,2,3);1H2;/q-2;;;;;+4/p-2. The second kappa shape index (κ2) is 51.1.